The SMILES string of the molecule is CC(C)c1ccc(OCC(=O)N2CCSC(c3ccccc3F)CC2)cc1. The summed E-state index contributed by atoms with van der Waals surface area (Å²) >= 11 is 1.72. The lowest BCUT2D eigenvalue weighted by atomic mass is 10.0. The Hall–Kier alpha value is -2.01. The fourth-order valence-corrected chi connectivity index (χ4v) is 4.44. The molecule has 0 aliphatic carbocycles. The molecule has 0 saturated carbocycles. The average molecular weight is 388 g/mol. The second-order valence-electron chi connectivity index (χ2n) is 7.06. The number of nitrogens with zero attached hydrogens (tertiary/aromatic N) is 1. The van der Waals surface area contributed by atoms with Gasteiger partial charge in [0, 0.05) is 29.7 Å². The molecule has 1 aliphatic rings. The molecular weight excluding hydrogens is 361 g/mol. The fourth-order valence-electron chi connectivity index (χ4n) is 3.19. The number of benzene rings is 2. The Morgan fingerprint density at radius 1 is 1.19 bits per heavy atom. The maximum absolute atomic E-state index is 14.0. The van der Waals surface area contributed by atoms with Crippen LogP contribution in [0.5, 0.6) is 5.75 Å². The third kappa shape index (κ3) is 5.25. The Labute approximate surface area is 164 Å². The predicted octanol–water partition coefficient (Wildman–Crippen LogP) is 5.03. The normalized spacial score (nSPS) is 17.6. The van der Waals surface area contributed by atoms with E-state index in [1.54, 1.807) is 17.8 Å². The molecule has 2 aromatic carbocycles. The lowest BCUT2D eigenvalue weighted by molar-refractivity contribution is -0.133. The van der Waals surface area contributed by atoms with Crippen molar-refractivity contribution in [1.82, 2.24) is 4.90 Å². The van der Waals surface area contributed by atoms with Gasteiger partial charge in [-0.25, -0.2) is 4.39 Å². The molecule has 1 fully saturated rings. The quantitative estimate of drug-likeness (QED) is 0.720. The third-order valence-electron chi connectivity index (χ3n) is 4.86. The largest absolute Gasteiger partial charge is 0.484 e. The van der Waals surface area contributed by atoms with Crippen molar-refractivity contribution < 1.29 is 13.9 Å². The molecule has 1 aliphatic heterocycles. The van der Waals surface area contributed by atoms with Gasteiger partial charge in [-0.3, -0.25) is 4.79 Å². The summed E-state index contributed by atoms with van der Waals surface area (Å²) in [6.07, 6.45) is 0.750. The highest BCUT2D eigenvalue weighted by atomic mass is 32.2. The molecule has 27 heavy (non-hydrogen) atoms. The molecule has 1 atom stereocenters. The molecule has 0 N–H and O–H groups in total. The van der Waals surface area contributed by atoms with E-state index in [9.17, 15) is 9.18 Å². The second-order valence-corrected chi connectivity index (χ2v) is 8.37. The van der Waals surface area contributed by atoms with Crippen molar-refractivity contribution in [3.63, 3.8) is 0 Å². The van der Waals surface area contributed by atoms with Crippen LogP contribution >= 0.6 is 11.8 Å². The number of thioether (sulfide) groups is 1. The van der Waals surface area contributed by atoms with E-state index in [1.165, 1.54) is 11.6 Å². The molecule has 1 heterocycles. The second kappa shape index (κ2) is 9.27. The summed E-state index contributed by atoms with van der Waals surface area (Å²) in [6, 6.07) is 14.8. The molecule has 1 amide bonds. The van der Waals surface area contributed by atoms with Gasteiger partial charge in [0.05, 0.1) is 0 Å². The van der Waals surface area contributed by atoms with Crippen LogP contribution in [0.3, 0.4) is 0 Å². The molecule has 3 nitrogen and oxygen atoms in total. The molecule has 2 aromatic rings. The summed E-state index contributed by atoms with van der Waals surface area (Å²) < 4.78 is 19.7. The first-order chi connectivity index (χ1) is 13.0. The van der Waals surface area contributed by atoms with Crippen molar-refractivity contribution in [2.24, 2.45) is 0 Å². The Morgan fingerprint density at radius 3 is 2.63 bits per heavy atom. The van der Waals surface area contributed by atoms with E-state index in [2.05, 4.69) is 13.8 Å². The van der Waals surface area contributed by atoms with Crippen molar-refractivity contribution >= 4 is 17.7 Å². The van der Waals surface area contributed by atoms with Gasteiger partial charge in [0.25, 0.3) is 5.91 Å². The monoisotopic (exact) mass is 387 g/mol. The van der Waals surface area contributed by atoms with Crippen LogP contribution in [0, 0.1) is 5.82 Å². The maximum Gasteiger partial charge on any atom is 0.260 e. The standard InChI is InChI=1S/C22H26FNO2S/c1-16(2)17-7-9-18(10-8-17)26-15-22(25)24-12-11-21(27-14-13-24)19-5-3-4-6-20(19)23/h3-10,16,21H,11-15H2,1-2H3. The predicted molar refractivity (Wildman–Crippen MR) is 109 cm³/mol. The molecular formula is C22H26FNO2S. The van der Waals surface area contributed by atoms with Crippen LogP contribution in [0.4, 0.5) is 4.39 Å². The van der Waals surface area contributed by atoms with Crippen molar-refractivity contribution in [2.75, 3.05) is 25.4 Å². The summed E-state index contributed by atoms with van der Waals surface area (Å²) in [5.41, 5.74) is 1.98. The third-order valence-corrected chi connectivity index (χ3v) is 6.17. The summed E-state index contributed by atoms with van der Waals surface area (Å²) in [5, 5.41) is 0.0912. The molecule has 5 heteroatoms. The topological polar surface area (TPSA) is 29.5 Å². The van der Waals surface area contributed by atoms with Crippen LogP contribution in [0.25, 0.3) is 0 Å². The van der Waals surface area contributed by atoms with Crippen LogP contribution < -0.4 is 4.74 Å². The molecule has 0 bridgehead atoms. The van der Waals surface area contributed by atoms with Crippen LogP contribution in [-0.2, 0) is 4.79 Å². The summed E-state index contributed by atoms with van der Waals surface area (Å²) in [7, 11) is 0. The Bertz CT molecular complexity index is 763. The lowest BCUT2D eigenvalue weighted by Gasteiger charge is -2.20. The van der Waals surface area contributed by atoms with E-state index in [-0.39, 0.29) is 23.6 Å². The van der Waals surface area contributed by atoms with Crippen molar-refractivity contribution in [3.05, 3.63) is 65.5 Å². The Balaban J connectivity index is 1.53. The minimum Gasteiger partial charge on any atom is -0.484 e. The minimum absolute atomic E-state index is 0.0160. The Kier molecular flexibility index (Phi) is 6.78. The average Bonchev–Trinajstić information content (AvgIpc) is 2.93. The molecule has 0 aromatic heterocycles. The number of hydrogen-bond acceptors (Lipinski definition) is 3. The van der Waals surface area contributed by atoms with Crippen LogP contribution in [0.1, 0.15) is 42.6 Å². The summed E-state index contributed by atoms with van der Waals surface area (Å²) in [6.45, 7) is 5.62. The molecule has 0 spiro atoms. The highest BCUT2D eigenvalue weighted by molar-refractivity contribution is 7.99. The first-order valence-electron chi connectivity index (χ1n) is 9.41. The first kappa shape index (κ1) is 19.7. The number of halogens is 1. The van der Waals surface area contributed by atoms with E-state index in [4.69, 9.17) is 4.74 Å². The molecule has 0 radical (unpaired) electrons. The van der Waals surface area contributed by atoms with E-state index in [0.717, 1.165) is 17.7 Å². The number of carbonyl (C=O) groups is 1. The van der Waals surface area contributed by atoms with E-state index < -0.39 is 0 Å². The van der Waals surface area contributed by atoms with Gasteiger partial charge < -0.3 is 9.64 Å². The Morgan fingerprint density at radius 2 is 1.93 bits per heavy atom. The van der Waals surface area contributed by atoms with Crippen LogP contribution in [0.15, 0.2) is 48.5 Å². The summed E-state index contributed by atoms with van der Waals surface area (Å²) in [4.78, 5) is 14.4. The van der Waals surface area contributed by atoms with Gasteiger partial charge in [-0.05, 0) is 36.1 Å². The van der Waals surface area contributed by atoms with Gasteiger partial charge in [-0.15, -0.1) is 0 Å². The summed E-state index contributed by atoms with van der Waals surface area (Å²) in [5.74, 6) is 1.80. The number of rotatable bonds is 5. The zero-order valence-corrected chi connectivity index (χ0v) is 16.7. The van der Waals surface area contributed by atoms with Gasteiger partial charge in [0.15, 0.2) is 6.61 Å². The van der Waals surface area contributed by atoms with Crippen molar-refractivity contribution in [1.29, 1.82) is 0 Å². The van der Waals surface area contributed by atoms with Crippen molar-refractivity contribution in [3.8, 4) is 5.75 Å². The maximum atomic E-state index is 14.0. The van der Waals surface area contributed by atoms with Gasteiger partial charge >= 0.3 is 0 Å². The highest BCUT2D eigenvalue weighted by Gasteiger charge is 2.23. The molecule has 3 rings (SSSR count). The highest BCUT2D eigenvalue weighted by Crippen LogP contribution is 2.35. The van der Waals surface area contributed by atoms with E-state index in [1.807, 2.05) is 41.3 Å². The van der Waals surface area contributed by atoms with E-state index in [0.29, 0.717) is 24.8 Å². The van der Waals surface area contributed by atoms with Gasteiger partial charge in [-0.1, -0.05) is 44.2 Å². The fraction of sp³-hybridized carbons (Fsp3) is 0.409. The van der Waals surface area contributed by atoms with Gasteiger partial charge in [0.1, 0.15) is 11.6 Å². The molecule has 1 saturated heterocycles. The van der Waals surface area contributed by atoms with Gasteiger partial charge in [0.2, 0.25) is 0 Å². The van der Waals surface area contributed by atoms with Gasteiger partial charge in [-0.2, -0.15) is 11.8 Å². The zero-order chi connectivity index (χ0) is 19.2. The van der Waals surface area contributed by atoms with Crippen LogP contribution in [0.2, 0.25) is 0 Å². The van der Waals surface area contributed by atoms with Crippen LogP contribution in [-0.4, -0.2) is 36.3 Å². The van der Waals surface area contributed by atoms with E-state index >= 15 is 0 Å². The molecule has 1 unspecified atom stereocenters. The van der Waals surface area contributed by atoms with Crippen molar-refractivity contribution in [2.45, 2.75) is 31.4 Å². The zero-order valence-electron chi connectivity index (χ0n) is 15.9. The number of hydrogen-bond donors (Lipinski definition) is 0. The smallest absolute Gasteiger partial charge is 0.260 e. The number of ether oxygens (including phenoxy) is 1. The minimum atomic E-state index is -0.164. The lowest BCUT2D eigenvalue weighted by Crippen LogP contribution is -2.36. The number of amides is 1. The first-order valence-corrected chi connectivity index (χ1v) is 10.5. The number of carbonyl (C=O) groups excluding carboxylic acids is 1. The molecule has 144 valence electrons.